The van der Waals surface area contributed by atoms with Gasteiger partial charge in [-0.25, -0.2) is 0 Å². The van der Waals surface area contributed by atoms with E-state index < -0.39 is 172 Å². The highest BCUT2D eigenvalue weighted by atomic mass is 15.1. The minimum Gasteiger partial charge on any atom is -0.362 e. The van der Waals surface area contributed by atoms with Gasteiger partial charge in [-0.1, -0.05) is 114 Å². The zero-order chi connectivity index (χ0) is 40.7. The van der Waals surface area contributed by atoms with E-state index in [1.807, 2.05) is 0 Å². The van der Waals surface area contributed by atoms with E-state index in [-0.39, 0.29) is 10.5 Å². The summed E-state index contributed by atoms with van der Waals surface area (Å²) in [5.74, 6) is 0. The minimum atomic E-state index is -3.52. The summed E-state index contributed by atoms with van der Waals surface area (Å²) in [5, 5.41) is -1.04. The second-order valence-corrected chi connectivity index (χ2v) is 6.78. The third-order valence-electron chi connectivity index (χ3n) is 4.77. The van der Waals surface area contributed by atoms with Crippen molar-refractivity contribution in [3.05, 3.63) is 125 Å². The fraction of sp³-hybridized carbons (Fsp3) is 0.0968. The SMILES string of the molecule is [2H]c1c([2H])c([2H])c(-c2c([2H])c([2H])c([2H])c(-c3c([2H])c([2H])c([2H])c([2H])c3[2H])c2N2C([2H])([2H])c3c([2H])c([2H])c([2H])c4c([2H])c(C)c([2H])c(c34)C2([2H])[2H])c([2H])c1[2H]. The molecule has 0 amide bonds. The average molecular weight is 434 g/mol. The molecular weight excluding hydrogens is 386 g/mol. The number of nitrogens with zero attached hydrogens (tertiary/aromatic N) is 1. The Labute approximate surface area is 220 Å². The highest BCUT2D eigenvalue weighted by molar-refractivity contribution is 5.95. The molecule has 0 aliphatic carbocycles. The Bertz CT molecular complexity index is 2340. The van der Waals surface area contributed by atoms with Crippen LogP contribution in [0.3, 0.4) is 0 Å². The molecule has 0 radical (unpaired) electrons. The Kier molecular flexibility index (Phi) is 1.64. The molecule has 0 saturated heterocycles. The summed E-state index contributed by atoms with van der Waals surface area (Å²) in [6, 6.07) is -17.1. The third-order valence-corrected chi connectivity index (χ3v) is 4.77. The van der Waals surface area contributed by atoms with E-state index in [0.29, 0.717) is 0 Å². The molecule has 0 unspecified atom stereocenters. The highest BCUT2D eigenvalue weighted by Gasteiger charge is 2.24. The van der Waals surface area contributed by atoms with E-state index in [2.05, 4.69) is 0 Å². The van der Waals surface area contributed by atoms with Gasteiger partial charge in [-0.15, -0.1) is 0 Å². The smallest absolute Gasteiger partial charge is 0.0632 e. The lowest BCUT2D eigenvalue weighted by Gasteiger charge is -2.34. The van der Waals surface area contributed by atoms with Crippen LogP contribution < -0.4 is 4.90 Å². The summed E-state index contributed by atoms with van der Waals surface area (Å²) in [6.45, 7) is -5.74. The van der Waals surface area contributed by atoms with Crippen LogP contribution in [0, 0.1) is 6.92 Å². The van der Waals surface area contributed by atoms with E-state index in [1.165, 1.54) is 6.92 Å². The molecule has 1 aliphatic heterocycles. The quantitative estimate of drug-likeness (QED) is 0.278. The second-order valence-electron chi connectivity index (χ2n) is 6.78. The number of anilines is 1. The van der Waals surface area contributed by atoms with E-state index in [0.717, 1.165) is 0 Å². The third kappa shape index (κ3) is 3.18. The van der Waals surface area contributed by atoms with E-state index in [1.54, 1.807) is 0 Å². The lowest BCUT2D eigenvalue weighted by molar-refractivity contribution is 0.790. The number of benzene rings is 5. The normalized spacial score (nSPS) is 25.7. The van der Waals surface area contributed by atoms with Gasteiger partial charge in [0.1, 0.15) is 0 Å². The Morgan fingerprint density at radius 2 is 1.25 bits per heavy atom. The van der Waals surface area contributed by atoms with Crippen LogP contribution in [0.15, 0.2) is 109 Å². The summed E-state index contributed by atoms with van der Waals surface area (Å²) in [7, 11) is 0. The van der Waals surface area contributed by atoms with Crippen molar-refractivity contribution in [3.63, 3.8) is 0 Å². The maximum absolute atomic E-state index is 9.60. The van der Waals surface area contributed by atoms with Crippen LogP contribution in [0.4, 0.5) is 5.69 Å². The van der Waals surface area contributed by atoms with E-state index in [9.17, 15) is 5.48 Å². The maximum Gasteiger partial charge on any atom is 0.0632 e. The summed E-state index contributed by atoms with van der Waals surface area (Å²) in [5.41, 5.74) is -6.77. The van der Waals surface area contributed by atoms with Crippen LogP contribution in [0.5, 0.6) is 0 Å². The van der Waals surface area contributed by atoms with Gasteiger partial charge in [0.05, 0.1) is 35.8 Å². The van der Waals surface area contributed by atoms with Gasteiger partial charge < -0.3 is 4.90 Å². The van der Waals surface area contributed by atoms with Gasteiger partial charge in [0, 0.05) is 24.1 Å². The zero-order valence-corrected chi connectivity index (χ0v) is 16.4. The molecule has 0 fully saturated rings. The van der Waals surface area contributed by atoms with Crippen molar-refractivity contribution in [2.75, 3.05) is 4.90 Å². The van der Waals surface area contributed by atoms with Gasteiger partial charge in [0.2, 0.25) is 0 Å². The zero-order valence-electron chi connectivity index (χ0n) is 38.4. The average Bonchev–Trinajstić information content (AvgIpc) is 3.10. The molecule has 1 aliphatic rings. The highest BCUT2D eigenvalue weighted by Crippen LogP contribution is 2.43. The first-order valence-corrected chi connectivity index (χ1v) is 9.42. The molecular formula is C31H25N. The van der Waals surface area contributed by atoms with Crippen LogP contribution in [0.25, 0.3) is 33.0 Å². The van der Waals surface area contributed by atoms with Crippen LogP contribution >= 0.6 is 0 Å². The molecule has 154 valence electrons. The van der Waals surface area contributed by atoms with Crippen molar-refractivity contribution in [2.45, 2.75) is 19.9 Å². The van der Waals surface area contributed by atoms with Crippen LogP contribution in [-0.4, -0.2) is 0 Å². The molecule has 32 heavy (non-hydrogen) atoms. The predicted octanol–water partition coefficient (Wildman–Crippen LogP) is 8.00. The van der Waals surface area contributed by atoms with Crippen LogP contribution in [0.1, 0.15) is 46.8 Å². The lowest BCUT2D eigenvalue weighted by Crippen LogP contribution is -2.27. The van der Waals surface area contributed by atoms with Crippen LogP contribution in [-0.2, 0) is 13.0 Å². The topological polar surface area (TPSA) is 3.24 Å². The fourth-order valence-electron chi connectivity index (χ4n) is 3.48. The summed E-state index contributed by atoms with van der Waals surface area (Å²) in [6.07, 6.45) is 0. The first-order chi connectivity index (χ1) is 24.8. The molecule has 0 bridgehead atoms. The molecule has 0 N–H and O–H groups in total. The van der Waals surface area contributed by atoms with E-state index in [4.69, 9.17) is 24.7 Å². The van der Waals surface area contributed by atoms with Crippen LogP contribution in [0.2, 0.25) is 0 Å². The maximum atomic E-state index is 9.60. The fourth-order valence-corrected chi connectivity index (χ4v) is 3.48. The molecule has 0 atom stereocenters. The van der Waals surface area contributed by atoms with Gasteiger partial charge >= 0.3 is 0 Å². The number of para-hydroxylation sites is 1. The molecule has 0 saturated carbocycles. The molecule has 1 nitrogen and oxygen atoms in total. The van der Waals surface area contributed by atoms with Gasteiger partial charge in [-0.05, 0) is 39.9 Å². The first-order valence-electron chi connectivity index (χ1n) is 20.4. The molecule has 0 aromatic heterocycles. The minimum absolute atomic E-state index is 0.154. The van der Waals surface area contributed by atoms with Gasteiger partial charge in [0.25, 0.3) is 0 Å². The summed E-state index contributed by atoms with van der Waals surface area (Å²) in [4.78, 5) is 0.154. The monoisotopic (exact) mass is 433 g/mol. The second kappa shape index (κ2) is 7.69. The van der Waals surface area contributed by atoms with Gasteiger partial charge in [-0.2, -0.15) is 0 Å². The summed E-state index contributed by atoms with van der Waals surface area (Å²) < 4.78 is 194. The van der Waals surface area contributed by atoms with Crippen molar-refractivity contribution in [1.29, 1.82) is 0 Å². The Morgan fingerprint density at radius 1 is 0.656 bits per heavy atom. The Balaban J connectivity index is 2.01. The number of rotatable bonds is 3. The van der Waals surface area contributed by atoms with Crippen molar-refractivity contribution in [1.82, 2.24) is 0 Å². The predicted molar refractivity (Wildman–Crippen MR) is 136 cm³/mol. The first kappa shape index (κ1) is 6.83. The molecule has 1 heteroatoms. The standard InChI is InChI=1S/C31H25N/c1-22-18-25-14-8-15-26-20-32(21-27(19-22)30(25)26)31-28(23-10-4-2-5-11-23)16-9-17-29(31)24-12-6-3-7-13-24/h2-19H,20-21H2,1H3/i2D,3D,4D,5D,6D,7D,8D,9D,10D,11D,12D,13D,14D,15D,16D,17D,18D,19D,20D2,21D2. The molecule has 6 rings (SSSR count). The lowest BCUT2D eigenvalue weighted by atomic mass is 9.90. The number of hydrogen-bond acceptors (Lipinski definition) is 1. The molecule has 0 spiro atoms. The van der Waals surface area contributed by atoms with Gasteiger partial charge in [-0.3, -0.25) is 0 Å². The summed E-state index contributed by atoms with van der Waals surface area (Å²) >= 11 is 0. The Hall–Kier alpha value is -3.84. The van der Waals surface area contributed by atoms with Crippen molar-refractivity contribution in [2.24, 2.45) is 0 Å². The molecule has 1 heterocycles. The van der Waals surface area contributed by atoms with Crippen molar-refractivity contribution < 1.29 is 30.2 Å². The van der Waals surface area contributed by atoms with E-state index >= 15 is 0 Å². The van der Waals surface area contributed by atoms with Crippen molar-refractivity contribution >= 4 is 16.5 Å². The largest absolute Gasteiger partial charge is 0.362 e. The van der Waals surface area contributed by atoms with Crippen molar-refractivity contribution in [3.8, 4) is 22.3 Å². The molecule has 5 aromatic rings. The van der Waals surface area contributed by atoms with Gasteiger partial charge in [0.15, 0.2) is 0 Å². The Morgan fingerprint density at radius 3 is 1.91 bits per heavy atom. The number of hydrogen-bond donors (Lipinski definition) is 0. The molecule has 5 aromatic carbocycles.